The van der Waals surface area contributed by atoms with Crippen LogP contribution in [0.3, 0.4) is 0 Å². The normalized spacial score (nSPS) is 19.2. The molecule has 9 heteroatoms. The number of carbonyl (C=O) groups excluding carboxylic acids is 3. The Balaban J connectivity index is 1.72. The smallest absolute Gasteiger partial charge is 0.322 e. The van der Waals surface area contributed by atoms with Crippen molar-refractivity contribution in [2.24, 2.45) is 0 Å². The largest absolute Gasteiger partial charge is 0.344 e. The molecule has 0 saturated carbocycles. The number of hydrogen-bond donors (Lipinski definition) is 2. The highest BCUT2D eigenvalue weighted by molar-refractivity contribution is 7.90. The molecule has 2 aromatic carbocycles. The molecule has 1 aliphatic heterocycles. The van der Waals surface area contributed by atoms with Crippen molar-refractivity contribution in [2.45, 2.75) is 30.2 Å². The summed E-state index contributed by atoms with van der Waals surface area (Å²) in [4.78, 5) is 37.5. The van der Waals surface area contributed by atoms with Gasteiger partial charge in [0.2, 0.25) is 0 Å². The second-order valence-corrected chi connectivity index (χ2v) is 9.15. The van der Waals surface area contributed by atoms with Crippen molar-refractivity contribution >= 4 is 27.7 Å². The molecule has 0 aliphatic carbocycles. The monoisotopic (exact) mass is 415 g/mol. The second-order valence-electron chi connectivity index (χ2n) is 7.13. The number of nitrogens with one attached hydrogen (secondary N) is 2. The lowest BCUT2D eigenvalue weighted by Gasteiger charge is -2.21. The molecule has 1 heterocycles. The zero-order valence-corrected chi connectivity index (χ0v) is 16.8. The van der Waals surface area contributed by atoms with Crippen LogP contribution in [0.25, 0.3) is 0 Å². The van der Waals surface area contributed by atoms with E-state index in [2.05, 4.69) is 10.7 Å². The Morgan fingerprint density at radius 3 is 2.45 bits per heavy atom. The summed E-state index contributed by atoms with van der Waals surface area (Å²) in [5.41, 5.74) is 2.15. The zero-order chi connectivity index (χ0) is 21.2. The first-order valence-corrected chi connectivity index (χ1v) is 10.8. The van der Waals surface area contributed by atoms with Gasteiger partial charge in [-0.3, -0.25) is 15.0 Å². The predicted molar refractivity (Wildman–Crippen MR) is 106 cm³/mol. The number of urea groups is 1. The second kappa shape index (κ2) is 7.67. The average molecular weight is 415 g/mol. The van der Waals surface area contributed by atoms with Crippen molar-refractivity contribution in [3.8, 4) is 0 Å². The van der Waals surface area contributed by atoms with E-state index in [-0.39, 0.29) is 10.5 Å². The van der Waals surface area contributed by atoms with E-state index in [4.69, 9.17) is 0 Å². The molecule has 152 valence electrons. The number of aryl methyl sites for hydroxylation is 1. The van der Waals surface area contributed by atoms with Crippen LogP contribution in [0, 0.1) is 0 Å². The van der Waals surface area contributed by atoms with Crippen LogP contribution in [0.15, 0.2) is 59.5 Å². The number of amides is 4. The molecule has 0 radical (unpaired) electrons. The van der Waals surface area contributed by atoms with Crippen molar-refractivity contribution in [3.63, 3.8) is 0 Å². The molecule has 29 heavy (non-hydrogen) atoms. The lowest BCUT2D eigenvalue weighted by molar-refractivity contribution is -0.132. The maximum Gasteiger partial charge on any atom is 0.344 e. The maximum atomic E-state index is 12.8. The van der Waals surface area contributed by atoms with Gasteiger partial charge >= 0.3 is 6.03 Å². The molecular formula is C20H21N3O5S. The van der Waals surface area contributed by atoms with Crippen molar-refractivity contribution in [1.82, 2.24) is 15.8 Å². The molecule has 1 atom stereocenters. The van der Waals surface area contributed by atoms with E-state index < -0.39 is 33.2 Å². The van der Waals surface area contributed by atoms with Crippen molar-refractivity contribution in [3.05, 3.63) is 65.7 Å². The van der Waals surface area contributed by atoms with Crippen LogP contribution in [0.2, 0.25) is 0 Å². The van der Waals surface area contributed by atoms with E-state index in [1.54, 1.807) is 6.92 Å². The van der Waals surface area contributed by atoms with Gasteiger partial charge in [-0.1, -0.05) is 36.4 Å². The number of benzene rings is 2. The number of nitrogens with zero attached hydrogens (tertiary/aromatic N) is 1. The van der Waals surface area contributed by atoms with Gasteiger partial charge in [0.15, 0.2) is 9.84 Å². The molecule has 8 nitrogen and oxygen atoms in total. The lowest BCUT2D eigenvalue weighted by Crippen LogP contribution is -2.49. The molecule has 0 bridgehead atoms. The molecule has 0 spiro atoms. The van der Waals surface area contributed by atoms with E-state index in [1.807, 2.05) is 30.3 Å². The molecule has 2 aromatic rings. The lowest BCUT2D eigenvalue weighted by atomic mass is 9.93. The van der Waals surface area contributed by atoms with E-state index in [1.165, 1.54) is 24.3 Å². The highest BCUT2D eigenvalue weighted by Gasteiger charge is 2.48. The molecule has 0 unspecified atom stereocenters. The number of hydrogen-bond acceptors (Lipinski definition) is 5. The van der Waals surface area contributed by atoms with Gasteiger partial charge in [0.05, 0.1) is 4.90 Å². The first-order valence-electron chi connectivity index (χ1n) is 8.92. The van der Waals surface area contributed by atoms with Gasteiger partial charge in [-0.2, -0.15) is 5.01 Å². The van der Waals surface area contributed by atoms with Gasteiger partial charge in [-0.25, -0.2) is 13.2 Å². The fourth-order valence-electron chi connectivity index (χ4n) is 3.03. The van der Waals surface area contributed by atoms with E-state index in [0.717, 1.165) is 11.8 Å². The Morgan fingerprint density at radius 1 is 1.10 bits per heavy atom. The summed E-state index contributed by atoms with van der Waals surface area (Å²) < 4.78 is 23.3. The average Bonchev–Trinajstić information content (AvgIpc) is 2.90. The Kier molecular flexibility index (Phi) is 5.43. The summed E-state index contributed by atoms with van der Waals surface area (Å²) in [6.07, 6.45) is 1.96. The Morgan fingerprint density at radius 2 is 1.79 bits per heavy atom. The highest BCUT2D eigenvalue weighted by Crippen LogP contribution is 2.22. The van der Waals surface area contributed by atoms with Crippen LogP contribution in [0.5, 0.6) is 0 Å². The first-order chi connectivity index (χ1) is 13.6. The van der Waals surface area contributed by atoms with E-state index >= 15 is 0 Å². The topological polar surface area (TPSA) is 113 Å². The molecular weight excluding hydrogens is 394 g/mol. The molecule has 0 aromatic heterocycles. The molecule has 1 saturated heterocycles. The molecule has 2 N–H and O–H groups in total. The minimum Gasteiger partial charge on any atom is -0.322 e. The third kappa shape index (κ3) is 4.45. The summed E-state index contributed by atoms with van der Waals surface area (Å²) in [6, 6.07) is 14.2. The van der Waals surface area contributed by atoms with Crippen LogP contribution in [0.4, 0.5) is 4.79 Å². The van der Waals surface area contributed by atoms with E-state index in [9.17, 15) is 22.8 Å². The fraction of sp³-hybridized carbons (Fsp3) is 0.250. The van der Waals surface area contributed by atoms with Crippen LogP contribution in [-0.2, 0) is 21.1 Å². The summed E-state index contributed by atoms with van der Waals surface area (Å²) >= 11 is 0. The summed E-state index contributed by atoms with van der Waals surface area (Å²) in [6.45, 7) is 1.60. The number of imide groups is 1. The Bertz CT molecular complexity index is 1070. The maximum absolute atomic E-state index is 12.8. The van der Waals surface area contributed by atoms with Gasteiger partial charge < -0.3 is 5.32 Å². The van der Waals surface area contributed by atoms with Gasteiger partial charge in [-0.05, 0) is 43.5 Å². The number of carbonyl (C=O) groups is 3. The standard InChI is InChI=1S/C20H21N3O5S/c1-20(12-11-14-7-4-3-5-8-14)18(25)23(19(26)21-20)22-17(24)15-9-6-10-16(13-15)29(2,27)28/h3-10,13H,11-12H2,1-2H3,(H,21,26)(H,22,24)/t20-/m0/s1. The molecule has 3 rings (SSSR count). The van der Waals surface area contributed by atoms with Gasteiger partial charge in [-0.15, -0.1) is 0 Å². The minimum absolute atomic E-state index is 0.0198. The van der Waals surface area contributed by atoms with Crippen molar-refractivity contribution in [2.75, 3.05) is 6.26 Å². The van der Waals surface area contributed by atoms with Crippen LogP contribution in [0.1, 0.15) is 29.3 Å². The number of hydrazine groups is 1. The van der Waals surface area contributed by atoms with E-state index in [0.29, 0.717) is 17.9 Å². The van der Waals surface area contributed by atoms with Gasteiger partial charge in [0, 0.05) is 11.8 Å². The SMILES string of the molecule is C[C@@]1(CCc2ccccc2)NC(=O)N(NC(=O)c2cccc(S(C)(=O)=O)c2)C1=O. The van der Waals surface area contributed by atoms with Gasteiger partial charge in [0.25, 0.3) is 11.8 Å². The zero-order valence-electron chi connectivity index (χ0n) is 16.0. The van der Waals surface area contributed by atoms with Crippen molar-refractivity contribution in [1.29, 1.82) is 0 Å². The molecule has 4 amide bonds. The highest BCUT2D eigenvalue weighted by atomic mass is 32.2. The summed E-state index contributed by atoms with van der Waals surface area (Å²) in [5, 5.41) is 3.26. The minimum atomic E-state index is -3.50. The van der Waals surface area contributed by atoms with Crippen LogP contribution >= 0.6 is 0 Å². The quantitative estimate of drug-likeness (QED) is 0.697. The Hall–Kier alpha value is -3.20. The molecule has 1 fully saturated rings. The third-order valence-electron chi connectivity index (χ3n) is 4.76. The molecule has 1 aliphatic rings. The number of sulfone groups is 1. The van der Waals surface area contributed by atoms with Crippen LogP contribution < -0.4 is 10.7 Å². The number of rotatable bonds is 6. The summed E-state index contributed by atoms with van der Waals surface area (Å²) in [5.74, 6) is -1.34. The third-order valence-corrected chi connectivity index (χ3v) is 5.87. The fourth-order valence-corrected chi connectivity index (χ4v) is 3.70. The van der Waals surface area contributed by atoms with Crippen LogP contribution in [-0.4, -0.2) is 43.1 Å². The van der Waals surface area contributed by atoms with Crippen molar-refractivity contribution < 1.29 is 22.8 Å². The van der Waals surface area contributed by atoms with Gasteiger partial charge in [0.1, 0.15) is 5.54 Å². The predicted octanol–water partition coefficient (Wildman–Crippen LogP) is 1.68. The Labute approximate surface area is 168 Å². The first kappa shape index (κ1) is 20.5. The summed E-state index contributed by atoms with van der Waals surface area (Å²) in [7, 11) is -3.50.